The largest absolute Gasteiger partial charge is 0.496 e. The van der Waals surface area contributed by atoms with Crippen LogP contribution in [0.3, 0.4) is 0 Å². The maximum absolute atomic E-state index is 5.39. The second kappa shape index (κ2) is 6.92. The van der Waals surface area contributed by atoms with Gasteiger partial charge >= 0.3 is 0 Å². The Labute approximate surface area is 114 Å². The van der Waals surface area contributed by atoms with E-state index in [-0.39, 0.29) is 0 Å². The van der Waals surface area contributed by atoms with Crippen LogP contribution in [0.5, 0.6) is 5.75 Å². The van der Waals surface area contributed by atoms with Crippen LogP contribution in [0.4, 0.5) is 0 Å². The molecule has 2 rings (SSSR count). The minimum absolute atomic E-state index is 0.420. The minimum atomic E-state index is 0.420. The van der Waals surface area contributed by atoms with Crippen LogP contribution in [0.2, 0.25) is 0 Å². The first-order valence-electron chi connectivity index (χ1n) is 6.60. The normalized spacial score (nSPS) is 10.1. The van der Waals surface area contributed by atoms with Crippen molar-refractivity contribution in [1.82, 2.24) is 10.1 Å². The Balaban J connectivity index is 0.000000861. The molecular formula is C15H22N2O2. The maximum atomic E-state index is 5.39. The highest BCUT2D eigenvalue weighted by Crippen LogP contribution is 2.30. The highest BCUT2D eigenvalue weighted by atomic mass is 16.5. The summed E-state index contributed by atoms with van der Waals surface area (Å²) in [6, 6.07) is 5.95. The molecule has 0 saturated heterocycles. The molecule has 1 heterocycles. The smallest absolute Gasteiger partial charge is 0.258 e. The van der Waals surface area contributed by atoms with Crippen LogP contribution in [0.1, 0.15) is 45.0 Å². The Bertz CT molecular complexity index is 519. The highest BCUT2D eigenvalue weighted by molar-refractivity contribution is 5.58. The summed E-state index contributed by atoms with van der Waals surface area (Å²) < 4.78 is 10.5. The summed E-state index contributed by atoms with van der Waals surface area (Å²) >= 11 is 0. The number of rotatable bonds is 3. The van der Waals surface area contributed by atoms with Crippen LogP contribution >= 0.6 is 0 Å². The lowest BCUT2D eigenvalue weighted by atomic mass is 10.0. The predicted molar refractivity (Wildman–Crippen MR) is 76.5 cm³/mol. The van der Waals surface area contributed by atoms with Gasteiger partial charge in [-0.1, -0.05) is 38.9 Å². The molecule has 0 saturated carbocycles. The average molecular weight is 262 g/mol. The molecule has 0 fully saturated rings. The van der Waals surface area contributed by atoms with E-state index in [0.29, 0.717) is 17.6 Å². The monoisotopic (exact) mass is 262 g/mol. The van der Waals surface area contributed by atoms with Crippen molar-refractivity contribution >= 4 is 0 Å². The van der Waals surface area contributed by atoms with Crippen molar-refractivity contribution < 1.29 is 9.26 Å². The molecule has 1 aromatic carbocycles. The summed E-state index contributed by atoms with van der Waals surface area (Å²) in [5.74, 6) is 2.43. The number of aryl methyl sites for hydroxylation is 1. The Morgan fingerprint density at radius 1 is 1.21 bits per heavy atom. The van der Waals surface area contributed by atoms with Crippen LogP contribution < -0.4 is 4.74 Å². The number of nitrogens with zero attached hydrogens (tertiary/aromatic N) is 2. The Morgan fingerprint density at radius 2 is 1.89 bits per heavy atom. The van der Waals surface area contributed by atoms with E-state index in [1.807, 2.05) is 32.0 Å². The Kier molecular flexibility index (Phi) is 5.55. The second-order valence-electron chi connectivity index (χ2n) is 4.26. The van der Waals surface area contributed by atoms with Gasteiger partial charge in [0.1, 0.15) is 5.75 Å². The molecule has 0 unspecified atom stereocenters. The van der Waals surface area contributed by atoms with Crippen molar-refractivity contribution in [3.05, 3.63) is 29.6 Å². The van der Waals surface area contributed by atoms with Crippen molar-refractivity contribution in [2.75, 3.05) is 7.11 Å². The van der Waals surface area contributed by atoms with Gasteiger partial charge in [0.25, 0.3) is 5.89 Å². The molecule has 0 N–H and O–H groups in total. The molecule has 1 aromatic heterocycles. The summed E-state index contributed by atoms with van der Waals surface area (Å²) in [7, 11) is 1.67. The van der Waals surface area contributed by atoms with E-state index in [4.69, 9.17) is 9.26 Å². The zero-order valence-corrected chi connectivity index (χ0v) is 12.5. The fraction of sp³-hybridized carbons (Fsp3) is 0.467. The van der Waals surface area contributed by atoms with Crippen LogP contribution in [-0.4, -0.2) is 17.3 Å². The van der Waals surface area contributed by atoms with Crippen LogP contribution in [-0.2, 0) is 0 Å². The number of methoxy groups -OCH3 is 1. The van der Waals surface area contributed by atoms with Gasteiger partial charge in [-0.3, -0.25) is 0 Å². The second-order valence-corrected chi connectivity index (χ2v) is 4.26. The lowest BCUT2D eigenvalue weighted by Gasteiger charge is -2.12. The average Bonchev–Trinajstić information content (AvgIpc) is 2.87. The summed E-state index contributed by atoms with van der Waals surface area (Å²) in [6.07, 6.45) is 0. The Hall–Kier alpha value is -1.84. The lowest BCUT2D eigenvalue weighted by molar-refractivity contribution is 0.406. The topological polar surface area (TPSA) is 48.2 Å². The van der Waals surface area contributed by atoms with Gasteiger partial charge in [-0.2, -0.15) is 4.98 Å². The first-order valence-corrected chi connectivity index (χ1v) is 6.60. The van der Waals surface area contributed by atoms with Crippen molar-refractivity contribution in [3.8, 4) is 17.2 Å². The van der Waals surface area contributed by atoms with Gasteiger partial charge in [0.2, 0.25) is 0 Å². The van der Waals surface area contributed by atoms with E-state index in [2.05, 4.69) is 24.0 Å². The third kappa shape index (κ3) is 3.56. The number of ether oxygens (including phenoxy) is 1. The van der Waals surface area contributed by atoms with E-state index < -0.39 is 0 Å². The van der Waals surface area contributed by atoms with E-state index in [9.17, 15) is 0 Å². The molecule has 0 bridgehead atoms. The van der Waals surface area contributed by atoms with Gasteiger partial charge in [0.15, 0.2) is 5.82 Å². The van der Waals surface area contributed by atoms with Crippen molar-refractivity contribution in [2.45, 2.75) is 40.5 Å². The first kappa shape index (κ1) is 15.2. The molecule has 4 nitrogen and oxygen atoms in total. The molecule has 0 aliphatic carbocycles. The highest BCUT2D eigenvalue weighted by Gasteiger charge is 2.12. The third-order valence-corrected chi connectivity index (χ3v) is 2.63. The molecule has 0 amide bonds. The predicted octanol–water partition coefficient (Wildman–Crippen LogP) is 4.20. The van der Waals surface area contributed by atoms with Gasteiger partial charge in [-0.25, -0.2) is 0 Å². The van der Waals surface area contributed by atoms with Gasteiger partial charge in [-0.05, 0) is 30.5 Å². The maximum Gasteiger partial charge on any atom is 0.258 e. The number of aromatic nitrogens is 2. The van der Waals surface area contributed by atoms with Crippen LogP contribution in [0.25, 0.3) is 11.5 Å². The van der Waals surface area contributed by atoms with Gasteiger partial charge in [-0.15, -0.1) is 0 Å². The van der Waals surface area contributed by atoms with E-state index in [0.717, 1.165) is 11.3 Å². The zero-order chi connectivity index (χ0) is 14.4. The fourth-order valence-electron chi connectivity index (χ4n) is 1.74. The zero-order valence-electron chi connectivity index (χ0n) is 12.5. The summed E-state index contributed by atoms with van der Waals surface area (Å²) in [5, 5.41) is 3.78. The summed E-state index contributed by atoms with van der Waals surface area (Å²) in [5.41, 5.74) is 2.05. The molecule has 0 atom stereocenters. The molecule has 4 heteroatoms. The number of benzene rings is 1. The quantitative estimate of drug-likeness (QED) is 0.831. The van der Waals surface area contributed by atoms with E-state index >= 15 is 0 Å². The molecule has 104 valence electrons. The molecule has 2 aromatic rings. The molecule has 19 heavy (non-hydrogen) atoms. The van der Waals surface area contributed by atoms with Gasteiger partial charge in [0, 0.05) is 5.56 Å². The van der Waals surface area contributed by atoms with Crippen LogP contribution in [0.15, 0.2) is 22.7 Å². The third-order valence-electron chi connectivity index (χ3n) is 2.63. The fourth-order valence-corrected chi connectivity index (χ4v) is 1.74. The van der Waals surface area contributed by atoms with Gasteiger partial charge in [0.05, 0.1) is 7.11 Å². The van der Waals surface area contributed by atoms with Crippen molar-refractivity contribution in [1.29, 1.82) is 0 Å². The number of hydrogen-bond acceptors (Lipinski definition) is 4. The summed E-state index contributed by atoms with van der Waals surface area (Å²) in [6.45, 7) is 10.1. The minimum Gasteiger partial charge on any atom is -0.496 e. The molecular weight excluding hydrogens is 240 g/mol. The lowest BCUT2D eigenvalue weighted by Crippen LogP contribution is -1.94. The summed E-state index contributed by atoms with van der Waals surface area (Å²) in [4.78, 5) is 4.20. The number of hydrogen-bond donors (Lipinski definition) is 0. The Morgan fingerprint density at radius 3 is 2.37 bits per heavy atom. The SMILES string of the molecule is CC.COc1cc(-c2nc(C)no2)ccc1C(C)C. The van der Waals surface area contributed by atoms with Gasteiger partial charge < -0.3 is 9.26 Å². The standard InChI is InChI=1S/C13H16N2O2.C2H6/c1-8(2)11-6-5-10(7-12(11)16-4)13-14-9(3)15-17-13;1-2/h5-8H,1-4H3;1-2H3. The van der Waals surface area contributed by atoms with E-state index in [1.54, 1.807) is 14.0 Å². The van der Waals surface area contributed by atoms with E-state index in [1.165, 1.54) is 5.56 Å². The first-order chi connectivity index (χ1) is 9.11. The van der Waals surface area contributed by atoms with Crippen molar-refractivity contribution in [2.24, 2.45) is 0 Å². The van der Waals surface area contributed by atoms with Crippen LogP contribution in [0, 0.1) is 6.92 Å². The molecule has 0 aliphatic rings. The molecule has 0 spiro atoms. The van der Waals surface area contributed by atoms with Crippen molar-refractivity contribution in [3.63, 3.8) is 0 Å². The molecule has 0 aliphatic heterocycles. The molecule has 0 radical (unpaired) electrons.